The van der Waals surface area contributed by atoms with Gasteiger partial charge in [-0.15, -0.1) is 0 Å². The normalized spacial score (nSPS) is 21.4. The lowest BCUT2D eigenvalue weighted by Gasteiger charge is -2.27. The van der Waals surface area contributed by atoms with E-state index < -0.39 is 0 Å². The van der Waals surface area contributed by atoms with Crippen molar-refractivity contribution in [3.63, 3.8) is 0 Å². The first-order valence-corrected chi connectivity index (χ1v) is 8.18. The summed E-state index contributed by atoms with van der Waals surface area (Å²) in [5.74, 6) is 1.32. The van der Waals surface area contributed by atoms with Crippen LogP contribution < -0.4 is 10.1 Å². The number of hydrogen-bond acceptors (Lipinski definition) is 3. The van der Waals surface area contributed by atoms with Crippen LogP contribution in [-0.2, 0) is 4.79 Å². The minimum atomic E-state index is 0.0530. The molecule has 4 nitrogen and oxygen atoms in total. The van der Waals surface area contributed by atoms with Crippen LogP contribution in [0.2, 0.25) is 0 Å². The van der Waals surface area contributed by atoms with Gasteiger partial charge in [-0.25, -0.2) is 0 Å². The number of carbonyl (C=O) groups excluding carboxylic acids is 1. The highest BCUT2D eigenvalue weighted by Gasteiger charge is 2.21. The first-order valence-electron chi connectivity index (χ1n) is 8.18. The van der Waals surface area contributed by atoms with Crippen LogP contribution in [0.3, 0.4) is 0 Å². The Morgan fingerprint density at radius 1 is 1.27 bits per heavy atom. The zero-order valence-electron chi connectivity index (χ0n) is 13.6. The van der Waals surface area contributed by atoms with E-state index in [9.17, 15) is 4.79 Å². The van der Waals surface area contributed by atoms with E-state index >= 15 is 0 Å². The summed E-state index contributed by atoms with van der Waals surface area (Å²) in [6.07, 6.45) is 4.32. The lowest BCUT2D eigenvalue weighted by atomic mass is 9.86. The van der Waals surface area contributed by atoms with Gasteiger partial charge in [-0.05, 0) is 57.1 Å². The van der Waals surface area contributed by atoms with Crippen LogP contribution in [0.1, 0.15) is 43.2 Å². The van der Waals surface area contributed by atoms with Crippen molar-refractivity contribution >= 4 is 5.91 Å². The van der Waals surface area contributed by atoms with Crippen LogP contribution in [-0.4, -0.2) is 30.3 Å². The quantitative estimate of drug-likeness (QED) is 0.849. The molecule has 4 heteroatoms. The van der Waals surface area contributed by atoms with Gasteiger partial charge in [0.1, 0.15) is 5.75 Å². The molecule has 0 radical (unpaired) electrons. The van der Waals surface area contributed by atoms with Crippen molar-refractivity contribution in [1.29, 1.82) is 0 Å². The van der Waals surface area contributed by atoms with Gasteiger partial charge in [0.15, 0.2) is 0 Å². The van der Waals surface area contributed by atoms with Gasteiger partial charge in [0, 0.05) is 12.6 Å². The molecule has 0 spiro atoms. The monoisotopic (exact) mass is 305 g/mol. The zero-order chi connectivity index (χ0) is 15.9. The molecular formula is C18H27NO3. The Kier molecular flexibility index (Phi) is 6.25. The van der Waals surface area contributed by atoms with Gasteiger partial charge in [0.05, 0.1) is 13.0 Å². The summed E-state index contributed by atoms with van der Waals surface area (Å²) in [6, 6.07) is 6.31. The first-order chi connectivity index (χ1) is 10.6. The zero-order valence-corrected chi connectivity index (χ0v) is 13.6. The second-order valence-corrected chi connectivity index (χ2v) is 6.34. The molecule has 0 bridgehead atoms. The smallest absolute Gasteiger partial charge is 0.223 e. The van der Waals surface area contributed by atoms with E-state index in [0.29, 0.717) is 18.9 Å². The molecule has 0 aliphatic heterocycles. The molecular weight excluding hydrogens is 278 g/mol. The predicted octanol–water partition coefficient (Wildman–Crippen LogP) is 2.74. The van der Waals surface area contributed by atoms with Gasteiger partial charge in [0.2, 0.25) is 5.91 Å². The number of nitrogens with one attached hydrogen (secondary N) is 1. The summed E-state index contributed by atoms with van der Waals surface area (Å²) in [7, 11) is 0. The molecule has 2 N–H and O–H groups in total. The topological polar surface area (TPSA) is 58.6 Å². The first kappa shape index (κ1) is 16.8. The molecule has 1 fully saturated rings. The van der Waals surface area contributed by atoms with Crippen molar-refractivity contribution in [1.82, 2.24) is 5.32 Å². The van der Waals surface area contributed by atoms with E-state index in [1.54, 1.807) is 0 Å². The molecule has 0 aromatic heterocycles. The fourth-order valence-electron chi connectivity index (χ4n) is 3.00. The number of aliphatic hydroxyl groups is 1. The number of hydrogen-bond donors (Lipinski definition) is 2. The largest absolute Gasteiger partial charge is 0.493 e. The van der Waals surface area contributed by atoms with Crippen molar-refractivity contribution in [3.05, 3.63) is 29.3 Å². The van der Waals surface area contributed by atoms with E-state index in [4.69, 9.17) is 9.84 Å². The van der Waals surface area contributed by atoms with E-state index in [0.717, 1.165) is 37.0 Å². The van der Waals surface area contributed by atoms with Gasteiger partial charge in [-0.2, -0.15) is 0 Å². The molecule has 122 valence electrons. The minimum Gasteiger partial charge on any atom is -0.493 e. The molecule has 1 aliphatic rings. The molecule has 0 saturated heterocycles. The van der Waals surface area contributed by atoms with Crippen LogP contribution >= 0.6 is 0 Å². The second kappa shape index (κ2) is 8.18. The van der Waals surface area contributed by atoms with Gasteiger partial charge in [0.25, 0.3) is 0 Å². The maximum absolute atomic E-state index is 12.0. The Balaban J connectivity index is 1.67. The maximum atomic E-state index is 12.0. The molecule has 1 saturated carbocycles. The maximum Gasteiger partial charge on any atom is 0.223 e. The van der Waals surface area contributed by atoms with Crippen molar-refractivity contribution in [2.24, 2.45) is 5.92 Å². The van der Waals surface area contributed by atoms with Crippen LogP contribution in [0.4, 0.5) is 0 Å². The molecule has 1 aliphatic carbocycles. The predicted molar refractivity (Wildman–Crippen MR) is 87.0 cm³/mol. The summed E-state index contributed by atoms with van der Waals surface area (Å²) in [4.78, 5) is 12.0. The molecule has 0 unspecified atom stereocenters. The number of ether oxygens (including phenoxy) is 1. The Morgan fingerprint density at radius 3 is 2.64 bits per heavy atom. The molecule has 1 amide bonds. The van der Waals surface area contributed by atoms with Gasteiger partial charge in [-0.1, -0.05) is 17.7 Å². The van der Waals surface area contributed by atoms with Crippen molar-refractivity contribution < 1.29 is 14.6 Å². The Labute approximate surface area is 132 Å². The van der Waals surface area contributed by atoms with E-state index in [-0.39, 0.29) is 18.6 Å². The molecule has 0 atom stereocenters. The fourth-order valence-corrected chi connectivity index (χ4v) is 3.00. The summed E-state index contributed by atoms with van der Waals surface area (Å²) in [6.45, 7) is 4.74. The fraction of sp³-hybridized carbons (Fsp3) is 0.611. The summed E-state index contributed by atoms with van der Waals surface area (Å²) in [5, 5.41) is 12.2. The van der Waals surface area contributed by atoms with Crippen LogP contribution in [0.15, 0.2) is 18.2 Å². The highest BCUT2D eigenvalue weighted by atomic mass is 16.5. The average Bonchev–Trinajstić information content (AvgIpc) is 2.50. The average molecular weight is 305 g/mol. The second-order valence-electron chi connectivity index (χ2n) is 6.34. The standard InChI is InChI=1S/C18H27NO3/c1-13-3-8-17(14(2)11-13)22-10-9-18(21)19-16-6-4-15(12-20)5-7-16/h3,8,11,15-16,20H,4-7,9-10,12H2,1-2H3,(H,19,21). The third-order valence-electron chi connectivity index (χ3n) is 4.39. The number of aryl methyl sites for hydroxylation is 2. The van der Waals surface area contributed by atoms with E-state index in [1.807, 2.05) is 19.1 Å². The third-order valence-corrected chi connectivity index (χ3v) is 4.39. The number of aliphatic hydroxyl groups excluding tert-OH is 1. The van der Waals surface area contributed by atoms with Crippen molar-refractivity contribution in [2.75, 3.05) is 13.2 Å². The molecule has 2 rings (SSSR count). The molecule has 1 aromatic rings. The number of carbonyl (C=O) groups is 1. The van der Waals surface area contributed by atoms with Gasteiger partial charge >= 0.3 is 0 Å². The SMILES string of the molecule is Cc1ccc(OCCC(=O)NC2CCC(CO)CC2)c(C)c1. The Morgan fingerprint density at radius 2 is 2.00 bits per heavy atom. The lowest BCUT2D eigenvalue weighted by Crippen LogP contribution is -2.38. The number of benzene rings is 1. The number of amides is 1. The number of rotatable bonds is 6. The Hall–Kier alpha value is -1.55. The summed E-state index contributed by atoms with van der Waals surface area (Å²) in [5.41, 5.74) is 2.31. The van der Waals surface area contributed by atoms with Gasteiger partial charge in [-0.3, -0.25) is 4.79 Å². The highest BCUT2D eigenvalue weighted by molar-refractivity contribution is 5.76. The van der Waals surface area contributed by atoms with Crippen LogP contribution in [0.5, 0.6) is 5.75 Å². The van der Waals surface area contributed by atoms with E-state index in [2.05, 4.69) is 18.3 Å². The molecule has 0 heterocycles. The molecule has 1 aromatic carbocycles. The molecule has 22 heavy (non-hydrogen) atoms. The highest BCUT2D eigenvalue weighted by Crippen LogP contribution is 2.23. The van der Waals surface area contributed by atoms with Gasteiger partial charge < -0.3 is 15.2 Å². The minimum absolute atomic E-state index is 0.0530. The van der Waals surface area contributed by atoms with Crippen LogP contribution in [0.25, 0.3) is 0 Å². The van der Waals surface area contributed by atoms with Crippen LogP contribution in [0, 0.1) is 19.8 Å². The lowest BCUT2D eigenvalue weighted by molar-refractivity contribution is -0.122. The Bertz CT molecular complexity index is 493. The third kappa shape index (κ3) is 5.02. The van der Waals surface area contributed by atoms with Crippen molar-refractivity contribution in [2.45, 2.75) is 52.0 Å². The summed E-state index contributed by atoms with van der Waals surface area (Å²) >= 11 is 0. The van der Waals surface area contributed by atoms with Crippen molar-refractivity contribution in [3.8, 4) is 5.75 Å². The van der Waals surface area contributed by atoms with E-state index in [1.165, 1.54) is 5.56 Å². The summed E-state index contributed by atoms with van der Waals surface area (Å²) < 4.78 is 5.69.